The molecule has 2 aromatic carbocycles. The van der Waals surface area contributed by atoms with Gasteiger partial charge in [-0.3, -0.25) is 14.9 Å². The second-order valence-corrected chi connectivity index (χ2v) is 6.76. The molecule has 0 aliphatic heterocycles. The van der Waals surface area contributed by atoms with E-state index < -0.39 is 0 Å². The van der Waals surface area contributed by atoms with Crippen LogP contribution in [-0.4, -0.2) is 21.7 Å². The van der Waals surface area contributed by atoms with Crippen LogP contribution < -0.4 is 5.32 Å². The Kier molecular flexibility index (Phi) is 4.50. The van der Waals surface area contributed by atoms with Crippen LogP contribution in [0.4, 0.5) is 5.95 Å². The minimum atomic E-state index is -0.255. The van der Waals surface area contributed by atoms with Crippen LogP contribution in [0.1, 0.15) is 49.9 Å². The Bertz CT molecular complexity index is 1020. The smallest absolute Gasteiger partial charge is 0.258 e. The summed E-state index contributed by atoms with van der Waals surface area (Å²) in [6.45, 7) is 1.88. The summed E-state index contributed by atoms with van der Waals surface area (Å²) in [4.78, 5) is 33.6. The van der Waals surface area contributed by atoms with Gasteiger partial charge in [-0.25, -0.2) is 9.97 Å². The molecule has 1 aliphatic rings. The molecule has 1 heterocycles. The van der Waals surface area contributed by atoms with E-state index in [1.807, 2.05) is 55.5 Å². The lowest BCUT2D eigenvalue weighted by molar-refractivity contribution is 0.0962. The summed E-state index contributed by atoms with van der Waals surface area (Å²) in [5, 5.41) is 2.75. The van der Waals surface area contributed by atoms with Gasteiger partial charge in [0.25, 0.3) is 5.91 Å². The van der Waals surface area contributed by atoms with E-state index >= 15 is 0 Å². The van der Waals surface area contributed by atoms with Crippen LogP contribution in [0.2, 0.25) is 0 Å². The summed E-state index contributed by atoms with van der Waals surface area (Å²) < 4.78 is 0. The second-order valence-electron chi connectivity index (χ2n) is 6.76. The SMILES string of the molecule is Cc1ccccc1C(=O)Nc1ncc2c(n1)CC(c1ccccc1)CC2=O. The molecule has 1 atom stereocenters. The van der Waals surface area contributed by atoms with Crippen molar-refractivity contribution in [3.05, 3.63) is 88.7 Å². The van der Waals surface area contributed by atoms with Crippen molar-refractivity contribution >= 4 is 17.6 Å². The van der Waals surface area contributed by atoms with Gasteiger partial charge in [-0.15, -0.1) is 0 Å². The normalized spacial score (nSPS) is 15.9. The third-order valence-corrected chi connectivity index (χ3v) is 4.93. The lowest BCUT2D eigenvalue weighted by atomic mass is 9.82. The number of hydrogen-bond acceptors (Lipinski definition) is 4. The van der Waals surface area contributed by atoms with Gasteiger partial charge in [-0.1, -0.05) is 48.5 Å². The van der Waals surface area contributed by atoms with E-state index in [9.17, 15) is 9.59 Å². The first-order chi connectivity index (χ1) is 13.1. The van der Waals surface area contributed by atoms with Crippen molar-refractivity contribution in [3.8, 4) is 0 Å². The molecule has 1 aliphatic carbocycles. The number of nitrogens with one attached hydrogen (secondary N) is 1. The van der Waals surface area contributed by atoms with Crippen LogP contribution in [0.15, 0.2) is 60.8 Å². The Labute approximate surface area is 157 Å². The van der Waals surface area contributed by atoms with Gasteiger partial charge in [0.1, 0.15) is 0 Å². The van der Waals surface area contributed by atoms with Crippen molar-refractivity contribution in [1.82, 2.24) is 9.97 Å². The van der Waals surface area contributed by atoms with Crippen LogP contribution in [0.25, 0.3) is 0 Å². The van der Waals surface area contributed by atoms with Gasteiger partial charge in [0, 0.05) is 18.2 Å². The first-order valence-electron chi connectivity index (χ1n) is 8.93. The summed E-state index contributed by atoms with van der Waals surface area (Å²) in [7, 11) is 0. The van der Waals surface area contributed by atoms with Crippen LogP contribution >= 0.6 is 0 Å². The number of ketones is 1. The number of carbonyl (C=O) groups excluding carboxylic acids is 2. The summed E-state index contributed by atoms with van der Waals surface area (Å²) >= 11 is 0. The fourth-order valence-corrected chi connectivity index (χ4v) is 3.46. The third-order valence-electron chi connectivity index (χ3n) is 4.93. The molecule has 27 heavy (non-hydrogen) atoms. The zero-order chi connectivity index (χ0) is 18.8. The first-order valence-corrected chi connectivity index (χ1v) is 8.93. The highest BCUT2D eigenvalue weighted by Gasteiger charge is 2.28. The predicted octanol–water partition coefficient (Wildman–Crippen LogP) is 3.95. The number of Topliss-reactive ketones (excluding diaryl/α,β-unsaturated/α-hetero) is 1. The molecule has 0 fully saturated rings. The average molecular weight is 357 g/mol. The lowest BCUT2D eigenvalue weighted by Gasteiger charge is -2.23. The average Bonchev–Trinajstić information content (AvgIpc) is 2.68. The van der Waals surface area contributed by atoms with E-state index in [4.69, 9.17) is 0 Å². The highest BCUT2D eigenvalue weighted by Crippen LogP contribution is 2.31. The molecular formula is C22H19N3O2. The summed E-state index contributed by atoms with van der Waals surface area (Å²) in [5.41, 5.74) is 3.83. The molecule has 4 rings (SSSR count). The fourth-order valence-electron chi connectivity index (χ4n) is 3.46. The van der Waals surface area contributed by atoms with Crippen molar-refractivity contribution in [2.45, 2.75) is 25.7 Å². The Morgan fingerprint density at radius 2 is 1.78 bits per heavy atom. The molecule has 0 bridgehead atoms. The first kappa shape index (κ1) is 17.1. The maximum Gasteiger partial charge on any atom is 0.258 e. The van der Waals surface area contributed by atoms with Crippen molar-refractivity contribution in [2.24, 2.45) is 0 Å². The summed E-state index contributed by atoms with van der Waals surface area (Å²) in [5.74, 6) is 0.112. The number of aryl methyl sites for hydroxylation is 1. The topological polar surface area (TPSA) is 72.0 Å². The number of anilines is 1. The highest BCUT2D eigenvalue weighted by molar-refractivity contribution is 6.04. The van der Waals surface area contributed by atoms with Crippen LogP contribution in [0.5, 0.6) is 0 Å². The molecule has 5 nitrogen and oxygen atoms in total. The van der Waals surface area contributed by atoms with Crippen molar-refractivity contribution in [1.29, 1.82) is 0 Å². The molecule has 0 saturated carbocycles. The molecule has 3 aromatic rings. The van der Waals surface area contributed by atoms with Gasteiger partial charge in [0.05, 0.1) is 11.3 Å². The number of carbonyl (C=O) groups is 2. The zero-order valence-electron chi connectivity index (χ0n) is 15.0. The Balaban J connectivity index is 1.59. The summed E-state index contributed by atoms with van der Waals surface area (Å²) in [6.07, 6.45) is 2.63. The molecule has 0 spiro atoms. The minimum Gasteiger partial charge on any atom is -0.294 e. The van der Waals surface area contributed by atoms with E-state index in [1.165, 1.54) is 6.20 Å². The van der Waals surface area contributed by atoms with E-state index in [-0.39, 0.29) is 23.6 Å². The van der Waals surface area contributed by atoms with Gasteiger partial charge in [-0.05, 0) is 36.5 Å². The number of benzene rings is 2. The number of rotatable bonds is 3. The molecule has 1 unspecified atom stereocenters. The van der Waals surface area contributed by atoms with Crippen LogP contribution in [0, 0.1) is 6.92 Å². The predicted molar refractivity (Wildman–Crippen MR) is 103 cm³/mol. The van der Waals surface area contributed by atoms with Gasteiger partial charge in [-0.2, -0.15) is 0 Å². The van der Waals surface area contributed by atoms with Crippen molar-refractivity contribution in [2.75, 3.05) is 5.32 Å². The maximum absolute atomic E-state index is 12.5. The molecule has 5 heteroatoms. The maximum atomic E-state index is 12.5. The van der Waals surface area contributed by atoms with Gasteiger partial charge < -0.3 is 0 Å². The number of nitrogens with zero attached hydrogens (tertiary/aromatic N) is 2. The standard InChI is InChI=1S/C22H19N3O2/c1-14-7-5-6-10-17(14)21(27)25-22-23-13-18-19(24-22)11-16(12-20(18)26)15-8-3-2-4-9-15/h2-10,13,16H,11-12H2,1H3,(H,23,24,25,27). The molecule has 1 aromatic heterocycles. The number of fused-ring (bicyclic) bond motifs is 1. The molecule has 1 amide bonds. The number of hydrogen-bond donors (Lipinski definition) is 1. The van der Waals surface area contributed by atoms with Gasteiger partial charge in [0.2, 0.25) is 5.95 Å². The Morgan fingerprint density at radius 1 is 1.04 bits per heavy atom. The van der Waals surface area contributed by atoms with Gasteiger partial charge >= 0.3 is 0 Å². The van der Waals surface area contributed by atoms with Crippen LogP contribution in [0.3, 0.4) is 0 Å². The monoisotopic (exact) mass is 357 g/mol. The van der Waals surface area contributed by atoms with Crippen molar-refractivity contribution < 1.29 is 9.59 Å². The fraction of sp³-hybridized carbons (Fsp3) is 0.182. The van der Waals surface area contributed by atoms with E-state index in [0.29, 0.717) is 29.7 Å². The Hall–Kier alpha value is -3.34. The van der Waals surface area contributed by atoms with E-state index in [1.54, 1.807) is 6.07 Å². The van der Waals surface area contributed by atoms with E-state index in [0.717, 1.165) is 11.1 Å². The zero-order valence-corrected chi connectivity index (χ0v) is 15.0. The molecule has 134 valence electrons. The molecular weight excluding hydrogens is 338 g/mol. The lowest BCUT2D eigenvalue weighted by Crippen LogP contribution is -2.22. The van der Waals surface area contributed by atoms with Gasteiger partial charge in [0.15, 0.2) is 5.78 Å². The number of aromatic nitrogens is 2. The molecule has 0 saturated heterocycles. The minimum absolute atomic E-state index is 0.0434. The largest absolute Gasteiger partial charge is 0.294 e. The second kappa shape index (κ2) is 7.11. The Morgan fingerprint density at radius 3 is 2.56 bits per heavy atom. The van der Waals surface area contributed by atoms with E-state index in [2.05, 4.69) is 15.3 Å². The quantitative estimate of drug-likeness (QED) is 0.770. The summed E-state index contributed by atoms with van der Waals surface area (Å²) in [6, 6.07) is 17.3. The highest BCUT2D eigenvalue weighted by atomic mass is 16.1. The van der Waals surface area contributed by atoms with Crippen molar-refractivity contribution in [3.63, 3.8) is 0 Å². The molecule has 1 N–H and O–H groups in total. The molecule has 0 radical (unpaired) electrons. The van der Waals surface area contributed by atoms with Crippen LogP contribution in [-0.2, 0) is 6.42 Å². The third kappa shape index (κ3) is 3.49. The number of amides is 1.